The highest BCUT2D eigenvalue weighted by atomic mass is 16.5. The molecular weight excluding hydrogens is 192 g/mol. The molecule has 0 aromatic rings. The zero-order chi connectivity index (χ0) is 10.9. The molecule has 15 heavy (non-hydrogen) atoms. The summed E-state index contributed by atoms with van der Waals surface area (Å²) in [6, 6.07) is 0. The highest BCUT2D eigenvalue weighted by Crippen LogP contribution is 2.14. The number of hydrogen-bond donors (Lipinski definition) is 2. The Morgan fingerprint density at radius 2 is 2.07 bits per heavy atom. The molecule has 0 spiro atoms. The first kappa shape index (κ1) is 12.9. The second-order valence-electron chi connectivity index (χ2n) is 4.29. The minimum atomic E-state index is 0.120. The lowest BCUT2D eigenvalue weighted by molar-refractivity contribution is 0.0928. The second-order valence-corrected chi connectivity index (χ2v) is 4.29. The van der Waals surface area contributed by atoms with E-state index in [9.17, 15) is 0 Å². The second kappa shape index (κ2) is 8.05. The van der Waals surface area contributed by atoms with Gasteiger partial charge in [0.15, 0.2) is 0 Å². The molecule has 1 aliphatic rings. The maximum Gasteiger partial charge on any atom is 0.0698 e. The summed E-state index contributed by atoms with van der Waals surface area (Å²) in [5.74, 6) is 0.832. The summed E-state index contributed by atoms with van der Waals surface area (Å²) in [6.45, 7) is 5.74. The van der Waals surface area contributed by atoms with Crippen molar-refractivity contribution >= 4 is 0 Å². The summed E-state index contributed by atoms with van der Waals surface area (Å²) in [6.07, 6.45) is 2.61. The SMILES string of the molecule is CN1CCC(CNCCOCCO)CC1. The number of rotatable bonds is 7. The maximum atomic E-state index is 8.50. The average molecular weight is 216 g/mol. The van der Waals surface area contributed by atoms with Crippen molar-refractivity contribution in [3.63, 3.8) is 0 Å². The van der Waals surface area contributed by atoms with Gasteiger partial charge < -0.3 is 20.1 Å². The van der Waals surface area contributed by atoms with Crippen molar-refractivity contribution in [1.29, 1.82) is 0 Å². The molecule has 0 atom stereocenters. The van der Waals surface area contributed by atoms with Crippen molar-refractivity contribution in [2.75, 3.05) is 53.0 Å². The molecule has 0 unspecified atom stereocenters. The van der Waals surface area contributed by atoms with Crippen molar-refractivity contribution in [2.24, 2.45) is 5.92 Å². The molecule has 1 saturated heterocycles. The van der Waals surface area contributed by atoms with Crippen LogP contribution in [0.3, 0.4) is 0 Å². The lowest BCUT2D eigenvalue weighted by Gasteiger charge is -2.29. The van der Waals surface area contributed by atoms with E-state index in [1.165, 1.54) is 25.9 Å². The van der Waals surface area contributed by atoms with Gasteiger partial charge in [0.1, 0.15) is 0 Å². The third-order valence-corrected chi connectivity index (χ3v) is 2.93. The van der Waals surface area contributed by atoms with Gasteiger partial charge in [0.2, 0.25) is 0 Å². The molecule has 4 nitrogen and oxygen atoms in total. The van der Waals surface area contributed by atoms with Crippen LogP contribution in [0.2, 0.25) is 0 Å². The molecular formula is C11H24N2O2. The molecule has 0 aromatic heterocycles. The molecule has 90 valence electrons. The molecule has 0 radical (unpaired) electrons. The standard InChI is InChI=1S/C11H24N2O2/c1-13-5-2-11(3-6-13)10-12-4-8-15-9-7-14/h11-12,14H,2-10H2,1H3. The lowest BCUT2D eigenvalue weighted by Crippen LogP contribution is -2.35. The van der Waals surface area contributed by atoms with Gasteiger partial charge >= 0.3 is 0 Å². The molecule has 0 aliphatic carbocycles. The average Bonchev–Trinajstić information content (AvgIpc) is 2.26. The Labute approximate surface area is 92.6 Å². The molecule has 4 heteroatoms. The van der Waals surface area contributed by atoms with Crippen LogP contribution in [-0.4, -0.2) is 63.1 Å². The summed E-state index contributed by atoms with van der Waals surface area (Å²) < 4.78 is 5.17. The van der Waals surface area contributed by atoms with E-state index in [-0.39, 0.29) is 6.61 Å². The van der Waals surface area contributed by atoms with Crippen LogP contribution in [0.25, 0.3) is 0 Å². The highest BCUT2D eigenvalue weighted by molar-refractivity contribution is 4.71. The van der Waals surface area contributed by atoms with Gasteiger partial charge in [-0.25, -0.2) is 0 Å². The van der Waals surface area contributed by atoms with E-state index >= 15 is 0 Å². The van der Waals surface area contributed by atoms with Crippen molar-refractivity contribution in [3.8, 4) is 0 Å². The van der Waals surface area contributed by atoms with Crippen LogP contribution in [0.15, 0.2) is 0 Å². The first-order chi connectivity index (χ1) is 7.33. The molecule has 0 amide bonds. The first-order valence-corrected chi connectivity index (χ1v) is 5.91. The molecule has 0 aromatic carbocycles. The van der Waals surface area contributed by atoms with Crippen LogP contribution in [0.4, 0.5) is 0 Å². The molecule has 2 N–H and O–H groups in total. The van der Waals surface area contributed by atoms with Gasteiger partial charge in [-0.1, -0.05) is 0 Å². The predicted octanol–water partition coefficient (Wildman–Crippen LogP) is -0.0733. The fourth-order valence-electron chi connectivity index (χ4n) is 1.88. The maximum absolute atomic E-state index is 8.50. The largest absolute Gasteiger partial charge is 0.394 e. The zero-order valence-electron chi connectivity index (χ0n) is 9.74. The number of ether oxygens (including phenoxy) is 1. The van der Waals surface area contributed by atoms with Crippen molar-refractivity contribution in [1.82, 2.24) is 10.2 Å². The Bertz CT molecular complexity index is 148. The van der Waals surface area contributed by atoms with E-state index in [0.29, 0.717) is 13.2 Å². The number of likely N-dealkylation sites (tertiary alicyclic amines) is 1. The number of nitrogens with one attached hydrogen (secondary N) is 1. The molecule has 1 aliphatic heterocycles. The van der Waals surface area contributed by atoms with Gasteiger partial charge in [0, 0.05) is 6.54 Å². The number of nitrogens with zero attached hydrogens (tertiary/aromatic N) is 1. The van der Waals surface area contributed by atoms with Crippen LogP contribution in [0.5, 0.6) is 0 Å². The van der Waals surface area contributed by atoms with Crippen LogP contribution in [-0.2, 0) is 4.74 Å². The Morgan fingerprint density at radius 3 is 2.73 bits per heavy atom. The normalized spacial score (nSPS) is 19.6. The van der Waals surface area contributed by atoms with Crippen molar-refractivity contribution < 1.29 is 9.84 Å². The fourth-order valence-corrected chi connectivity index (χ4v) is 1.88. The van der Waals surface area contributed by atoms with Crippen LogP contribution in [0, 0.1) is 5.92 Å². The molecule has 0 bridgehead atoms. The number of aliphatic hydroxyl groups excluding tert-OH is 1. The van der Waals surface area contributed by atoms with Gasteiger partial charge in [-0.2, -0.15) is 0 Å². The van der Waals surface area contributed by atoms with E-state index in [4.69, 9.17) is 9.84 Å². The quantitative estimate of drug-likeness (QED) is 0.585. The summed E-state index contributed by atoms with van der Waals surface area (Å²) in [4.78, 5) is 2.39. The smallest absolute Gasteiger partial charge is 0.0698 e. The van der Waals surface area contributed by atoms with E-state index in [1.54, 1.807) is 0 Å². The van der Waals surface area contributed by atoms with Gasteiger partial charge in [-0.05, 0) is 45.4 Å². The zero-order valence-corrected chi connectivity index (χ0v) is 9.74. The minimum absolute atomic E-state index is 0.120. The highest BCUT2D eigenvalue weighted by Gasteiger charge is 2.15. The van der Waals surface area contributed by atoms with Crippen molar-refractivity contribution in [3.05, 3.63) is 0 Å². The Hall–Kier alpha value is -0.160. The predicted molar refractivity (Wildman–Crippen MR) is 61.0 cm³/mol. The third-order valence-electron chi connectivity index (χ3n) is 2.93. The van der Waals surface area contributed by atoms with E-state index in [0.717, 1.165) is 19.0 Å². The number of aliphatic hydroxyl groups is 1. The first-order valence-electron chi connectivity index (χ1n) is 5.91. The molecule has 0 saturated carbocycles. The Kier molecular flexibility index (Phi) is 6.92. The summed E-state index contributed by atoms with van der Waals surface area (Å²) in [5.41, 5.74) is 0. The van der Waals surface area contributed by atoms with E-state index in [1.807, 2.05) is 0 Å². The minimum Gasteiger partial charge on any atom is -0.394 e. The Balaban J connectivity index is 1.87. The molecule has 1 rings (SSSR count). The van der Waals surface area contributed by atoms with E-state index < -0.39 is 0 Å². The van der Waals surface area contributed by atoms with Crippen molar-refractivity contribution in [2.45, 2.75) is 12.8 Å². The van der Waals surface area contributed by atoms with Crippen LogP contribution >= 0.6 is 0 Å². The fraction of sp³-hybridized carbons (Fsp3) is 1.00. The topological polar surface area (TPSA) is 44.7 Å². The van der Waals surface area contributed by atoms with E-state index in [2.05, 4.69) is 17.3 Å². The number of hydrogen-bond acceptors (Lipinski definition) is 4. The Morgan fingerprint density at radius 1 is 1.33 bits per heavy atom. The third kappa shape index (κ3) is 6.10. The van der Waals surface area contributed by atoms with Gasteiger partial charge in [0.25, 0.3) is 0 Å². The summed E-state index contributed by atoms with van der Waals surface area (Å²) in [7, 11) is 2.19. The van der Waals surface area contributed by atoms with Gasteiger partial charge in [-0.3, -0.25) is 0 Å². The molecule has 1 fully saturated rings. The van der Waals surface area contributed by atoms with Gasteiger partial charge in [0.05, 0.1) is 19.8 Å². The lowest BCUT2D eigenvalue weighted by atomic mass is 9.97. The number of piperidine rings is 1. The molecule has 1 heterocycles. The van der Waals surface area contributed by atoms with Crippen LogP contribution < -0.4 is 5.32 Å². The monoisotopic (exact) mass is 216 g/mol. The summed E-state index contributed by atoms with van der Waals surface area (Å²) >= 11 is 0. The summed E-state index contributed by atoms with van der Waals surface area (Å²) in [5, 5.41) is 11.9. The van der Waals surface area contributed by atoms with Crippen LogP contribution in [0.1, 0.15) is 12.8 Å². The van der Waals surface area contributed by atoms with Gasteiger partial charge in [-0.15, -0.1) is 0 Å².